The molecule has 0 aliphatic heterocycles. The summed E-state index contributed by atoms with van der Waals surface area (Å²) in [5.74, 6) is 0.720. The number of benzene rings is 1. The van der Waals surface area contributed by atoms with Gasteiger partial charge in [0.15, 0.2) is 5.82 Å². The van der Waals surface area contributed by atoms with E-state index in [1.165, 1.54) is 4.68 Å². The highest BCUT2D eigenvalue weighted by atomic mass is 35.5. The Morgan fingerprint density at radius 2 is 2.00 bits per heavy atom. The van der Waals surface area contributed by atoms with Crippen LogP contribution in [0, 0.1) is 6.92 Å². The molecule has 0 amide bonds. The second-order valence-electron chi connectivity index (χ2n) is 3.19. The van der Waals surface area contributed by atoms with Crippen molar-refractivity contribution in [3.8, 4) is 5.69 Å². The predicted molar refractivity (Wildman–Crippen MR) is 63.5 cm³/mol. The number of rotatable bonds is 2. The Kier molecular flexibility index (Phi) is 3.33. The zero-order valence-electron chi connectivity index (χ0n) is 8.28. The van der Waals surface area contributed by atoms with Crippen LogP contribution in [0.25, 0.3) is 5.69 Å². The normalized spacial score (nSPS) is 10.8. The molecule has 1 heterocycles. The van der Waals surface area contributed by atoms with Crippen LogP contribution in [0.2, 0.25) is 10.0 Å². The van der Waals surface area contributed by atoms with Gasteiger partial charge in [0.05, 0.1) is 16.6 Å². The van der Waals surface area contributed by atoms with Crippen LogP contribution < -0.4 is 0 Å². The molecule has 0 spiro atoms. The van der Waals surface area contributed by atoms with Crippen LogP contribution in [-0.2, 0) is 5.88 Å². The average Bonchev–Trinajstić information content (AvgIpc) is 2.71. The number of hydrogen-bond donors (Lipinski definition) is 0. The fourth-order valence-electron chi connectivity index (χ4n) is 1.27. The topological polar surface area (TPSA) is 43.6 Å². The van der Waals surface area contributed by atoms with E-state index in [2.05, 4.69) is 15.5 Å². The Morgan fingerprint density at radius 1 is 1.25 bits per heavy atom. The first-order chi connectivity index (χ1) is 7.63. The lowest BCUT2D eigenvalue weighted by Gasteiger charge is -2.07. The fraction of sp³-hybridized carbons (Fsp3) is 0.222. The van der Waals surface area contributed by atoms with Gasteiger partial charge in [-0.25, -0.2) is 0 Å². The highest BCUT2D eigenvalue weighted by Gasteiger charge is 2.12. The van der Waals surface area contributed by atoms with E-state index in [1.807, 2.05) is 6.92 Å². The van der Waals surface area contributed by atoms with E-state index >= 15 is 0 Å². The minimum absolute atomic E-state index is 0.203. The number of hydrogen-bond acceptors (Lipinski definition) is 3. The van der Waals surface area contributed by atoms with Gasteiger partial charge in [-0.3, -0.25) is 0 Å². The number of nitrogens with zero attached hydrogens (tertiary/aromatic N) is 4. The van der Waals surface area contributed by atoms with E-state index in [9.17, 15) is 0 Å². The van der Waals surface area contributed by atoms with Crippen LogP contribution in [0.15, 0.2) is 12.1 Å². The molecule has 0 bridgehead atoms. The largest absolute Gasteiger partial charge is 0.195 e. The zero-order chi connectivity index (χ0) is 11.7. The Balaban J connectivity index is 2.60. The summed E-state index contributed by atoms with van der Waals surface area (Å²) in [6, 6.07) is 3.48. The second-order valence-corrected chi connectivity index (χ2v) is 4.28. The average molecular weight is 278 g/mol. The maximum atomic E-state index is 6.10. The van der Waals surface area contributed by atoms with Crippen molar-refractivity contribution >= 4 is 34.8 Å². The molecule has 0 saturated heterocycles. The van der Waals surface area contributed by atoms with Crippen molar-refractivity contribution in [2.45, 2.75) is 12.8 Å². The zero-order valence-corrected chi connectivity index (χ0v) is 10.6. The summed E-state index contributed by atoms with van der Waals surface area (Å²) < 4.78 is 1.47. The molecule has 4 nitrogen and oxygen atoms in total. The molecule has 0 fully saturated rings. The molecule has 16 heavy (non-hydrogen) atoms. The van der Waals surface area contributed by atoms with Crippen LogP contribution in [0.3, 0.4) is 0 Å². The lowest BCUT2D eigenvalue weighted by Crippen LogP contribution is -2.02. The molecule has 0 aliphatic rings. The number of alkyl halides is 1. The third kappa shape index (κ3) is 2.00. The van der Waals surface area contributed by atoms with Crippen LogP contribution in [-0.4, -0.2) is 20.2 Å². The van der Waals surface area contributed by atoms with Crippen molar-refractivity contribution in [1.82, 2.24) is 20.2 Å². The van der Waals surface area contributed by atoms with Gasteiger partial charge in [0.1, 0.15) is 0 Å². The maximum Gasteiger partial charge on any atom is 0.171 e. The molecule has 84 valence electrons. The van der Waals surface area contributed by atoms with E-state index in [4.69, 9.17) is 34.8 Å². The molecule has 0 atom stereocenters. The Morgan fingerprint density at radius 3 is 2.69 bits per heavy atom. The van der Waals surface area contributed by atoms with Crippen molar-refractivity contribution < 1.29 is 0 Å². The molecule has 1 aromatic carbocycles. The molecule has 2 aromatic rings. The van der Waals surface area contributed by atoms with Crippen LogP contribution >= 0.6 is 34.8 Å². The molecule has 2 rings (SSSR count). The summed E-state index contributed by atoms with van der Waals surface area (Å²) in [5.41, 5.74) is 1.52. The minimum Gasteiger partial charge on any atom is -0.195 e. The van der Waals surface area contributed by atoms with E-state index < -0.39 is 0 Å². The molecule has 7 heteroatoms. The quantitative estimate of drug-likeness (QED) is 0.793. The molecular formula is C9H7Cl3N4. The molecule has 1 aromatic heterocycles. The third-order valence-electron chi connectivity index (χ3n) is 2.11. The number of halogens is 3. The second kappa shape index (κ2) is 4.57. The standard InChI is InChI=1S/C9H7Cl3N4/c1-5-2-7(12)8(3-6(5)11)16-9(4-10)13-14-15-16/h2-3H,4H2,1H3. The van der Waals surface area contributed by atoms with Crippen molar-refractivity contribution in [3.05, 3.63) is 33.6 Å². The summed E-state index contributed by atoms with van der Waals surface area (Å²) in [7, 11) is 0. The third-order valence-corrected chi connectivity index (χ3v) is 3.06. The van der Waals surface area contributed by atoms with Gasteiger partial charge < -0.3 is 0 Å². The lowest BCUT2D eigenvalue weighted by molar-refractivity contribution is 0.777. The highest BCUT2D eigenvalue weighted by Crippen LogP contribution is 2.27. The van der Waals surface area contributed by atoms with Crippen LogP contribution in [0.1, 0.15) is 11.4 Å². The lowest BCUT2D eigenvalue weighted by atomic mass is 10.2. The molecule has 0 aliphatic carbocycles. The smallest absolute Gasteiger partial charge is 0.171 e. The summed E-state index contributed by atoms with van der Waals surface area (Å²) in [6.45, 7) is 1.88. The first kappa shape index (κ1) is 11.6. The van der Waals surface area contributed by atoms with Gasteiger partial charge in [0, 0.05) is 5.02 Å². The van der Waals surface area contributed by atoms with Crippen LogP contribution in [0.5, 0.6) is 0 Å². The first-order valence-corrected chi connectivity index (χ1v) is 5.71. The van der Waals surface area contributed by atoms with Gasteiger partial charge in [-0.2, -0.15) is 4.68 Å². The fourth-order valence-corrected chi connectivity index (χ4v) is 1.90. The van der Waals surface area contributed by atoms with Crippen LogP contribution in [0.4, 0.5) is 0 Å². The Labute approximate surface area is 107 Å². The molecule has 0 N–H and O–H groups in total. The van der Waals surface area contributed by atoms with E-state index in [1.54, 1.807) is 12.1 Å². The summed E-state index contributed by atoms with van der Waals surface area (Å²) >= 11 is 17.8. The van der Waals surface area contributed by atoms with Crippen molar-refractivity contribution in [2.75, 3.05) is 0 Å². The molecule has 0 saturated carbocycles. The summed E-state index contributed by atoms with van der Waals surface area (Å²) in [4.78, 5) is 0. The highest BCUT2D eigenvalue weighted by molar-refractivity contribution is 6.35. The van der Waals surface area contributed by atoms with Gasteiger partial charge in [-0.15, -0.1) is 16.7 Å². The number of aromatic nitrogens is 4. The van der Waals surface area contributed by atoms with Crippen molar-refractivity contribution in [1.29, 1.82) is 0 Å². The SMILES string of the molecule is Cc1cc(Cl)c(-n2nnnc2CCl)cc1Cl. The molecule has 0 unspecified atom stereocenters. The number of aryl methyl sites for hydroxylation is 1. The maximum absolute atomic E-state index is 6.10. The molecule has 0 radical (unpaired) electrons. The Bertz CT molecular complexity index is 523. The summed E-state index contributed by atoms with van der Waals surface area (Å²) in [5, 5.41) is 12.3. The van der Waals surface area contributed by atoms with E-state index in [0.717, 1.165) is 5.56 Å². The monoisotopic (exact) mass is 276 g/mol. The summed E-state index contributed by atoms with van der Waals surface area (Å²) in [6.07, 6.45) is 0. The van der Waals surface area contributed by atoms with E-state index in [-0.39, 0.29) is 5.88 Å². The first-order valence-electron chi connectivity index (χ1n) is 4.42. The predicted octanol–water partition coefficient (Wildman–Crippen LogP) is 3.02. The number of tetrazole rings is 1. The van der Waals surface area contributed by atoms with Gasteiger partial charge in [-0.05, 0) is 35.0 Å². The van der Waals surface area contributed by atoms with Gasteiger partial charge in [0.25, 0.3) is 0 Å². The van der Waals surface area contributed by atoms with Gasteiger partial charge >= 0.3 is 0 Å². The van der Waals surface area contributed by atoms with E-state index in [0.29, 0.717) is 21.6 Å². The van der Waals surface area contributed by atoms with Gasteiger partial charge in [-0.1, -0.05) is 23.2 Å². The van der Waals surface area contributed by atoms with Gasteiger partial charge in [0.2, 0.25) is 0 Å². The molecular weight excluding hydrogens is 270 g/mol. The minimum atomic E-state index is 0.203. The van der Waals surface area contributed by atoms with Crippen molar-refractivity contribution in [3.63, 3.8) is 0 Å². The Hall–Kier alpha value is -0.840. The van der Waals surface area contributed by atoms with Crippen molar-refractivity contribution in [2.24, 2.45) is 0 Å².